The molecule has 0 spiro atoms. The second-order valence-corrected chi connectivity index (χ2v) is 3.36. The molecular formula is C7H15F3N2. The lowest BCUT2D eigenvalue weighted by Gasteiger charge is -2.23. The number of hydrogen-bond acceptors (Lipinski definition) is 2. The van der Waals surface area contributed by atoms with Crippen LogP contribution < -0.4 is 11.5 Å². The average molecular weight is 184 g/mol. The normalized spacial score (nSPS) is 18.0. The first-order chi connectivity index (χ1) is 5.25. The molecule has 2 nitrogen and oxygen atoms in total. The van der Waals surface area contributed by atoms with Crippen molar-refractivity contribution in [1.82, 2.24) is 0 Å². The summed E-state index contributed by atoms with van der Waals surface area (Å²) in [6, 6.07) is -2.90. The van der Waals surface area contributed by atoms with E-state index in [2.05, 4.69) is 0 Å². The highest BCUT2D eigenvalue weighted by Crippen LogP contribution is 2.22. The van der Waals surface area contributed by atoms with Gasteiger partial charge in [-0.05, 0) is 12.3 Å². The quantitative estimate of drug-likeness (QED) is 0.693. The Labute approximate surface area is 70.1 Å². The van der Waals surface area contributed by atoms with Crippen LogP contribution in [-0.4, -0.2) is 18.3 Å². The highest BCUT2D eigenvalue weighted by molar-refractivity contribution is 4.82. The summed E-state index contributed by atoms with van der Waals surface area (Å²) >= 11 is 0. The van der Waals surface area contributed by atoms with E-state index in [9.17, 15) is 13.2 Å². The molecule has 0 aliphatic carbocycles. The van der Waals surface area contributed by atoms with Crippen molar-refractivity contribution in [3.63, 3.8) is 0 Å². The van der Waals surface area contributed by atoms with Crippen molar-refractivity contribution in [3.8, 4) is 0 Å². The molecule has 0 amide bonds. The molecule has 5 heteroatoms. The summed E-state index contributed by atoms with van der Waals surface area (Å²) in [6.07, 6.45) is -4.09. The SMILES string of the molecule is CC(C)C[C@@H](N)[C@@H](N)C(F)(F)F. The molecule has 0 saturated carbocycles. The highest BCUT2D eigenvalue weighted by Gasteiger charge is 2.40. The molecule has 0 rings (SSSR count). The van der Waals surface area contributed by atoms with Crippen LogP contribution in [0.25, 0.3) is 0 Å². The monoisotopic (exact) mass is 184 g/mol. The Morgan fingerprint density at radius 2 is 1.58 bits per heavy atom. The van der Waals surface area contributed by atoms with Crippen LogP contribution in [-0.2, 0) is 0 Å². The van der Waals surface area contributed by atoms with Crippen molar-refractivity contribution in [2.24, 2.45) is 17.4 Å². The Hall–Kier alpha value is -0.290. The Bertz CT molecular complexity index is 133. The molecule has 0 saturated heterocycles. The standard InChI is InChI=1S/C7H15F3N2/c1-4(2)3-5(11)6(12)7(8,9)10/h4-6H,3,11-12H2,1-2H3/t5-,6-/m1/s1. The molecule has 0 unspecified atom stereocenters. The first kappa shape index (κ1) is 11.7. The van der Waals surface area contributed by atoms with Crippen LogP contribution in [0.1, 0.15) is 20.3 Å². The summed E-state index contributed by atoms with van der Waals surface area (Å²) < 4.78 is 35.8. The van der Waals surface area contributed by atoms with Crippen LogP contribution in [0.2, 0.25) is 0 Å². The van der Waals surface area contributed by atoms with E-state index in [1.54, 1.807) is 0 Å². The van der Waals surface area contributed by atoms with E-state index in [4.69, 9.17) is 11.5 Å². The lowest BCUT2D eigenvalue weighted by Crippen LogP contribution is -2.51. The van der Waals surface area contributed by atoms with E-state index in [-0.39, 0.29) is 5.92 Å². The Balaban J connectivity index is 4.01. The van der Waals surface area contributed by atoms with Gasteiger partial charge in [-0.2, -0.15) is 13.2 Å². The molecule has 0 aliphatic heterocycles. The van der Waals surface area contributed by atoms with Gasteiger partial charge in [0.05, 0.1) is 0 Å². The van der Waals surface area contributed by atoms with Gasteiger partial charge in [-0.3, -0.25) is 0 Å². The van der Waals surface area contributed by atoms with Crippen molar-refractivity contribution in [2.45, 2.75) is 38.5 Å². The average Bonchev–Trinajstić information content (AvgIpc) is 1.82. The molecule has 0 bridgehead atoms. The van der Waals surface area contributed by atoms with Gasteiger partial charge in [0.25, 0.3) is 0 Å². The fraction of sp³-hybridized carbons (Fsp3) is 1.00. The van der Waals surface area contributed by atoms with E-state index in [1.165, 1.54) is 0 Å². The van der Waals surface area contributed by atoms with E-state index in [0.29, 0.717) is 6.42 Å². The summed E-state index contributed by atoms with van der Waals surface area (Å²) in [7, 11) is 0. The minimum atomic E-state index is -4.38. The predicted octanol–water partition coefficient (Wildman–Crippen LogP) is 1.25. The molecule has 0 radical (unpaired) electrons. The van der Waals surface area contributed by atoms with Gasteiger partial charge in [0.2, 0.25) is 0 Å². The summed E-state index contributed by atoms with van der Waals surface area (Å²) in [5.74, 6) is 0.133. The first-order valence-corrected chi connectivity index (χ1v) is 3.83. The molecule has 0 heterocycles. The van der Waals surface area contributed by atoms with Gasteiger partial charge in [-0.25, -0.2) is 0 Å². The number of halogens is 3. The fourth-order valence-corrected chi connectivity index (χ4v) is 0.934. The number of alkyl halides is 3. The van der Waals surface area contributed by atoms with Gasteiger partial charge >= 0.3 is 6.18 Å². The molecule has 12 heavy (non-hydrogen) atoms. The minimum Gasteiger partial charge on any atom is -0.326 e. The third-order valence-corrected chi connectivity index (χ3v) is 1.58. The van der Waals surface area contributed by atoms with Gasteiger partial charge in [-0.15, -0.1) is 0 Å². The summed E-state index contributed by atoms with van der Waals surface area (Å²) in [5.41, 5.74) is 10.2. The summed E-state index contributed by atoms with van der Waals surface area (Å²) in [6.45, 7) is 3.62. The maximum atomic E-state index is 11.9. The van der Waals surface area contributed by atoms with Crippen LogP contribution in [0.5, 0.6) is 0 Å². The van der Waals surface area contributed by atoms with Crippen LogP contribution >= 0.6 is 0 Å². The number of rotatable bonds is 3. The third kappa shape index (κ3) is 3.92. The molecule has 74 valence electrons. The topological polar surface area (TPSA) is 52.0 Å². The smallest absolute Gasteiger partial charge is 0.326 e. The maximum Gasteiger partial charge on any atom is 0.405 e. The van der Waals surface area contributed by atoms with Gasteiger partial charge < -0.3 is 11.5 Å². The Morgan fingerprint density at radius 3 is 1.83 bits per heavy atom. The number of nitrogens with two attached hydrogens (primary N) is 2. The van der Waals surface area contributed by atoms with Crippen LogP contribution in [0.3, 0.4) is 0 Å². The maximum absolute atomic E-state index is 11.9. The van der Waals surface area contributed by atoms with E-state index >= 15 is 0 Å². The van der Waals surface area contributed by atoms with Crippen molar-refractivity contribution >= 4 is 0 Å². The second-order valence-electron chi connectivity index (χ2n) is 3.36. The predicted molar refractivity (Wildman–Crippen MR) is 41.5 cm³/mol. The Kier molecular flexibility index (Phi) is 3.99. The lowest BCUT2D eigenvalue weighted by molar-refractivity contribution is -0.152. The summed E-state index contributed by atoms with van der Waals surface area (Å²) in [4.78, 5) is 0. The summed E-state index contributed by atoms with van der Waals surface area (Å²) in [5, 5.41) is 0. The zero-order valence-corrected chi connectivity index (χ0v) is 7.23. The third-order valence-electron chi connectivity index (χ3n) is 1.58. The Morgan fingerprint density at radius 1 is 1.17 bits per heavy atom. The van der Waals surface area contributed by atoms with Crippen molar-refractivity contribution in [1.29, 1.82) is 0 Å². The van der Waals surface area contributed by atoms with Gasteiger partial charge in [0.15, 0.2) is 0 Å². The second kappa shape index (κ2) is 4.09. The lowest BCUT2D eigenvalue weighted by atomic mass is 9.98. The van der Waals surface area contributed by atoms with E-state index in [0.717, 1.165) is 0 Å². The minimum absolute atomic E-state index is 0.133. The zero-order chi connectivity index (χ0) is 9.94. The molecule has 0 aromatic carbocycles. The van der Waals surface area contributed by atoms with Crippen molar-refractivity contribution < 1.29 is 13.2 Å². The van der Waals surface area contributed by atoms with Gasteiger partial charge in [0.1, 0.15) is 6.04 Å². The first-order valence-electron chi connectivity index (χ1n) is 3.83. The molecule has 0 aromatic rings. The highest BCUT2D eigenvalue weighted by atomic mass is 19.4. The largest absolute Gasteiger partial charge is 0.405 e. The van der Waals surface area contributed by atoms with Gasteiger partial charge in [-0.1, -0.05) is 13.8 Å². The van der Waals surface area contributed by atoms with E-state index in [1.807, 2.05) is 13.8 Å². The molecule has 2 atom stereocenters. The zero-order valence-electron chi connectivity index (χ0n) is 7.23. The van der Waals surface area contributed by atoms with Crippen molar-refractivity contribution in [2.75, 3.05) is 0 Å². The molecule has 0 fully saturated rings. The van der Waals surface area contributed by atoms with E-state index < -0.39 is 18.3 Å². The molecular weight excluding hydrogens is 169 g/mol. The molecule has 4 N–H and O–H groups in total. The van der Waals surface area contributed by atoms with Crippen LogP contribution in [0, 0.1) is 5.92 Å². The van der Waals surface area contributed by atoms with Crippen molar-refractivity contribution in [3.05, 3.63) is 0 Å². The number of hydrogen-bond donors (Lipinski definition) is 2. The molecule has 0 aromatic heterocycles. The van der Waals surface area contributed by atoms with Crippen LogP contribution in [0.15, 0.2) is 0 Å². The van der Waals surface area contributed by atoms with Crippen LogP contribution in [0.4, 0.5) is 13.2 Å². The fourth-order valence-electron chi connectivity index (χ4n) is 0.934. The van der Waals surface area contributed by atoms with Gasteiger partial charge in [0, 0.05) is 6.04 Å². The molecule has 0 aliphatic rings.